The minimum absolute atomic E-state index is 0. The Morgan fingerprint density at radius 1 is 1.38 bits per heavy atom. The molecule has 2 aromatic rings. The van der Waals surface area contributed by atoms with Gasteiger partial charge in [0.15, 0.2) is 0 Å². The lowest BCUT2D eigenvalue weighted by atomic mass is 10.1. The quantitative estimate of drug-likeness (QED) is 0.822. The molecule has 0 saturated heterocycles. The predicted octanol–water partition coefficient (Wildman–Crippen LogP) is 4.12. The summed E-state index contributed by atoms with van der Waals surface area (Å²) in [5, 5.41) is 0.350. The Hall–Kier alpha value is -0.700. The molecular formula is C11H11Cl3N2. The van der Waals surface area contributed by atoms with Crippen LogP contribution in [-0.4, -0.2) is 9.97 Å². The maximum absolute atomic E-state index is 6.32. The van der Waals surface area contributed by atoms with Crippen LogP contribution in [0, 0.1) is 6.92 Å². The van der Waals surface area contributed by atoms with Crippen molar-refractivity contribution in [3.05, 3.63) is 52.6 Å². The summed E-state index contributed by atoms with van der Waals surface area (Å²) in [5.41, 5.74) is 2.69. The maximum atomic E-state index is 6.32. The SMILES string of the molecule is Cc1[nH]cc(Cl)c1C(Cl)c1ccccn1.Cl. The van der Waals surface area contributed by atoms with Crippen molar-refractivity contribution in [1.82, 2.24) is 9.97 Å². The van der Waals surface area contributed by atoms with Crippen molar-refractivity contribution in [3.63, 3.8) is 0 Å². The Labute approximate surface area is 110 Å². The second-order valence-electron chi connectivity index (χ2n) is 3.29. The van der Waals surface area contributed by atoms with Crippen LogP contribution in [0.25, 0.3) is 0 Å². The first-order chi connectivity index (χ1) is 7.20. The van der Waals surface area contributed by atoms with Crippen molar-refractivity contribution in [2.24, 2.45) is 0 Å². The van der Waals surface area contributed by atoms with Gasteiger partial charge in [0.25, 0.3) is 0 Å². The molecule has 0 aliphatic rings. The third-order valence-corrected chi connectivity index (χ3v) is 3.03. The molecule has 0 saturated carbocycles. The van der Waals surface area contributed by atoms with E-state index in [9.17, 15) is 0 Å². The van der Waals surface area contributed by atoms with Crippen molar-refractivity contribution < 1.29 is 0 Å². The number of rotatable bonds is 2. The Kier molecular flexibility index (Phi) is 4.66. The third kappa shape index (κ3) is 2.51. The minimum Gasteiger partial charge on any atom is -0.364 e. The van der Waals surface area contributed by atoms with Crippen LogP contribution in [0.15, 0.2) is 30.6 Å². The molecule has 1 atom stereocenters. The van der Waals surface area contributed by atoms with E-state index in [2.05, 4.69) is 9.97 Å². The number of nitrogens with zero attached hydrogens (tertiary/aromatic N) is 1. The summed E-state index contributed by atoms with van der Waals surface area (Å²) in [5.74, 6) is 0. The lowest BCUT2D eigenvalue weighted by Gasteiger charge is -2.09. The van der Waals surface area contributed by atoms with Gasteiger partial charge in [-0.25, -0.2) is 0 Å². The van der Waals surface area contributed by atoms with E-state index in [4.69, 9.17) is 23.2 Å². The highest BCUT2D eigenvalue weighted by Crippen LogP contribution is 2.34. The average Bonchev–Trinajstić information content (AvgIpc) is 2.59. The molecule has 0 spiro atoms. The molecule has 0 aliphatic carbocycles. The Morgan fingerprint density at radius 3 is 2.62 bits per heavy atom. The standard InChI is InChI=1S/C11H10Cl2N2.ClH/c1-7-10(8(12)6-15-7)11(13)9-4-2-3-5-14-9;/h2-6,11,15H,1H3;1H. The number of aromatic nitrogens is 2. The summed E-state index contributed by atoms with van der Waals surface area (Å²) in [4.78, 5) is 7.26. The van der Waals surface area contributed by atoms with Gasteiger partial charge in [-0.05, 0) is 19.1 Å². The van der Waals surface area contributed by atoms with Crippen LogP contribution >= 0.6 is 35.6 Å². The fraction of sp³-hybridized carbons (Fsp3) is 0.182. The molecule has 0 aromatic carbocycles. The average molecular weight is 278 g/mol. The van der Waals surface area contributed by atoms with Crippen molar-refractivity contribution in [2.45, 2.75) is 12.3 Å². The van der Waals surface area contributed by atoms with Gasteiger partial charge in [-0.15, -0.1) is 24.0 Å². The summed E-state index contributed by atoms with van der Waals surface area (Å²) in [7, 11) is 0. The molecule has 0 radical (unpaired) electrons. The fourth-order valence-electron chi connectivity index (χ4n) is 1.49. The van der Waals surface area contributed by atoms with E-state index in [1.807, 2.05) is 25.1 Å². The van der Waals surface area contributed by atoms with Crippen molar-refractivity contribution in [3.8, 4) is 0 Å². The first-order valence-electron chi connectivity index (χ1n) is 4.58. The predicted molar refractivity (Wildman–Crippen MR) is 69.7 cm³/mol. The van der Waals surface area contributed by atoms with E-state index in [0.29, 0.717) is 5.02 Å². The number of alkyl halides is 1. The number of hydrogen-bond donors (Lipinski definition) is 1. The van der Waals surface area contributed by atoms with Gasteiger partial charge in [-0.3, -0.25) is 4.98 Å². The zero-order valence-corrected chi connectivity index (χ0v) is 10.9. The molecule has 1 N–H and O–H groups in total. The van der Waals surface area contributed by atoms with Gasteiger partial charge in [0.05, 0.1) is 10.7 Å². The summed E-state index contributed by atoms with van der Waals surface area (Å²) in [6.07, 6.45) is 3.46. The Balaban J connectivity index is 0.00000128. The van der Waals surface area contributed by atoms with E-state index in [-0.39, 0.29) is 17.8 Å². The second-order valence-corrected chi connectivity index (χ2v) is 4.14. The van der Waals surface area contributed by atoms with Crippen LogP contribution in [0.1, 0.15) is 22.3 Å². The molecule has 2 aromatic heterocycles. The van der Waals surface area contributed by atoms with E-state index in [0.717, 1.165) is 17.0 Å². The first-order valence-corrected chi connectivity index (χ1v) is 5.40. The zero-order chi connectivity index (χ0) is 10.8. The molecule has 5 heteroatoms. The number of aromatic amines is 1. The van der Waals surface area contributed by atoms with Crippen LogP contribution in [-0.2, 0) is 0 Å². The molecule has 2 nitrogen and oxygen atoms in total. The summed E-state index contributed by atoms with van der Waals surface area (Å²) in [6.45, 7) is 1.94. The molecule has 0 fully saturated rings. The van der Waals surface area contributed by atoms with Gasteiger partial charge >= 0.3 is 0 Å². The number of hydrogen-bond acceptors (Lipinski definition) is 1. The van der Waals surface area contributed by atoms with Crippen LogP contribution in [0.4, 0.5) is 0 Å². The number of H-pyrrole nitrogens is 1. The molecule has 0 aliphatic heterocycles. The number of aryl methyl sites for hydroxylation is 1. The molecule has 1 unspecified atom stereocenters. The molecule has 16 heavy (non-hydrogen) atoms. The van der Waals surface area contributed by atoms with Crippen LogP contribution in [0.5, 0.6) is 0 Å². The maximum Gasteiger partial charge on any atom is 0.104 e. The van der Waals surface area contributed by atoms with Gasteiger partial charge in [0, 0.05) is 23.7 Å². The highest BCUT2D eigenvalue weighted by molar-refractivity contribution is 6.33. The number of nitrogens with one attached hydrogen (secondary N) is 1. The lowest BCUT2D eigenvalue weighted by Crippen LogP contribution is -1.97. The van der Waals surface area contributed by atoms with Crippen molar-refractivity contribution >= 4 is 35.6 Å². The summed E-state index contributed by atoms with van der Waals surface area (Å²) >= 11 is 12.4. The molecule has 0 amide bonds. The van der Waals surface area contributed by atoms with Gasteiger partial charge in [-0.2, -0.15) is 0 Å². The minimum atomic E-state index is -0.301. The van der Waals surface area contributed by atoms with E-state index >= 15 is 0 Å². The van der Waals surface area contributed by atoms with Crippen molar-refractivity contribution in [1.29, 1.82) is 0 Å². The second kappa shape index (κ2) is 5.58. The summed E-state index contributed by atoms with van der Waals surface area (Å²) < 4.78 is 0. The molecular weight excluding hydrogens is 266 g/mol. The smallest absolute Gasteiger partial charge is 0.104 e. The largest absolute Gasteiger partial charge is 0.364 e. The Bertz CT molecular complexity index is 434. The number of pyridine rings is 1. The monoisotopic (exact) mass is 276 g/mol. The molecule has 2 heterocycles. The third-order valence-electron chi connectivity index (χ3n) is 2.28. The van der Waals surface area contributed by atoms with Crippen LogP contribution < -0.4 is 0 Å². The van der Waals surface area contributed by atoms with Gasteiger partial charge in [-0.1, -0.05) is 17.7 Å². The first kappa shape index (κ1) is 13.4. The van der Waals surface area contributed by atoms with E-state index in [1.165, 1.54) is 0 Å². The highest BCUT2D eigenvalue weighted by Gasteiger charge is 2.18. The summed E-state index contributed by atoms with van der Waals surface area (Å²) in [6, 6.07) is 5.66. The van der Waals surface area contributed by atoms with Gasteiger partial charge in [0.2, 0.25) is 0 Å². The topological polar surface area (TPSA) is 28.7 Å². The normalized spacial score (nSPS) is 11.9. The molecule has 2 rings (SSSR count). The highest BCUT2D eigenvalue weighted by atomic mass is 35.5. The van der Waals surface area contributed by atoms with Crippen molar-refractivity contribution in [2.75, 3.05) is 0 Å². The Morgan fingerprint density at radius 2 is 2.12 bits per heavy atom. The van der Waals surface area contributed by atoms with Gasteiger partial charge in [0.1, 0.15) is 5.38 Å². The fourth-order valence-corrected chi connectivity index (χ4v) is 2.26. The molecule has 86 valence electrons. The molecule has 0 bridgehead atoms. The van der Waals surface area contributed by atoms with E-state index in [1.54, 1.807) is 12.4 Å². The lowest BCUT2D eigenvalue weighted by molar-refractivity contribution is 1.02. The van der Waals surface area contributed by atoms with Crippen LogP contribution in [0.3, 0.4) is 0 Å². The van der Waals surface area contributed by atoms with Gasteiger partial charge < -0.3 is 4.98 Å². The van der Waals surface area contributed by atoms with E-state index < -0.39 is 0 Å². The number of halogens is 3. The zero-order valence-electron chi connectivity index (χ0n) is 8.58. The van der Waals surface area contributed by atoms with Crippen LogP contribution in [0.2, 0.25) is 5.02 Å².